The molecular weight excluding hydrogens is 351 g/mol. The van der Waals surface area contributed by atoms with E-state index in [2.05, 4.69) is 10.4 Å². The fraction of sp³-hybridized carbons (Fsp3) is 0.158. The van der Waals surface area contributed by atoms with Crippen molar-refractivity contribution in [3.63, 3.8) is 0 Å². The van der Waals surface area contributed by atoms with E-state index in [1.54, 1.807) is 24.3 Å². The standard InChI is InChI=1S/C19H17FN4O3/c1-12-3-9-15(10-4-12)24-19(27)23(2)18(26)16(22-24)17(25)21-11-13-5-7-14(20)8-6-13/h3-10H,11H2,1-2H3,(H,21,25). The third-order valence-electron chi connectivity index (χ3n) is 4.04. The summed E-state index contributed by atoms with van der Waals surface area (Å²) in [7, 11) is 1.29. The number of aryl methyl sites for hydroxylation is 1. The molecule has 1 amide bonds. The minimum Gasteiger partial charge on any atom is -0.346 e. The van der Waals surface area contributed by atoms with Crippen molar-refractivity contribution in [1.82, 2.24) is 19.7 Å². The van der Waals surface area contributed by atoms with Crippen molar-refractivity contribution < 1.29 is 9.18 Å². The molecule has 3 aromatic rings. The Kier molecular flexibility index (Phi) is 4.98. The number of nitrogens with one attached hydrogen (secondary N) is 1. The van der Waals surface area contributed by atoms with Crippen LogP contribution < -0.4 is 16.6 Å². The van der Waals surface area contributed by atoms with Gasteiger partial charge in [0.25, 0.3) is 11.5 Å². The molecule has 0 saturated heterocycles. The van der Waals surface area contributed by atoms with Gasteiger partial charge in [0.05, 0.1) is 5.69 Å². The molecule has 1 heterocycles. The number of hydrogen-bond acceptors (Lipinski definition) is 4. The zero-order chi connectivity index (χ0) is 19.6. The van der Waals surface area contributed by atoms with E-state index in [4.69, 9.17) is 0 Å². The number of hydrogen-bond donors (Lipinski definition) is 1. The maximum atomic E-state index is 12.9. The van der Waals surface area contributed by atoms with Crippen molar-refractivity contribution >= 4 is 5.91 Å². The van der Waals surface area contributed by atoms with Crippen LogP contribution in [-0.2, 0) is 13.6 Å². The van der Waals surface area contributed by atoms with Crippen LogP contribution in [-0.4, -0.2) is 20.3 Å². The van der Waals surface area contributed by atoms with Crippen LogP contribution in [0.15, 0.2) is 58.1 Å². The minimum atomic E-state index is -0.792. The molecule has 0 unspecified atom stereocenters. The van der Waals surface area contributed by atoms with Gasteiger partial charge in [0, 0.05) is 13.6 Å². The molecule has 0 aliphatic heterocycles. The first-order chi connectivity index (χ1) is 12.9. The van der Waals surface area contributed by atoms with E-state index in [-0.39, 0.29) is 12.4 Å². The third kappa shape index (κ3) is 3.84. The lowest BCUT2D eigenvalue weighted by atomic mass is 10.2. The summed E-state index contributed by atoms with van der Waals surface area (Å²) in [6.07, 6.45) is 0. The Morgan fingerprint density at radius 3 is 2.33 bits per heavy atom. The average Bonchev–Trinajstić information content (AvgIpc) is 2.66. The first kappa shape index (κ1) is 18.2. The largest absolute Gasteiger partial charge is 0.351 e. The van der Waals surface area contributed by atoms with Gasteiger partial charge in [-0.1, -0.05) is 29.8 Å². The van der Waals surface area contributed by atoms with Gasteiger partial charge in [-0.15, -0.1) is 0 Å². The van der Waals surface area contributed by atoms with Gasteiger partial charge < -0.3 is 5.32 Å². The number of amides is 1. The van der Waals surface area contributed by atoms with Crippen molar-refractivity contribution in [2.75, 3.05) is 0 Å². The van der Waals surface area contributed by atoms with Crippen molar-refractivity contribution in [3.05, 3.63) is 92.0 Å². The molecule has 2 aromatic carbocycles. The summed E-state index contributed by atoms with van der Waals surface area (Å²) in [6.45, 7) is 1.99. The van der Waals surface area contributed by atoms with Gasteiger partial charge in [-0.05, 0) is 36.8 Å². The van der Waals surface area contributed by atoms with Crippen LogP contribution in [0.4, 0.5) is 4.39 Å². The summed E-state index contributed by atoms with van der Waals surface area (Å²) in [4.78, 5) is 37.1. The topological polar surface area (TPSA) is 86.0 Å². The van der Waals surface area contributed by atoms with Gasteiger partial charge in [0.15, 0.2) is 0 Å². The molecule has 7 nitrogen and oxygen atoms in total. The highest BCUT2D eigenvalue weighted by molar-refractivity contribution is 5.91. The fourth-order valence-corrected chi connectivity index (χ4v) is 2.44. The molecule has 1 N–H and O–H groups in total. The van der Waals surface area contributed by atoms with Crippen LogP contribution >= 0.6 is 0 Å². The molecule has 0 radical (unpaired) electrons. The lowest BCUT2D eigenvalue weighted by Gasteiger charge is -2.10. The summed E-state index contributed by atoms with van der Waals surface area (Å²) in [6, 6.07) is 12.5. The molecule has 27 heavy (non-hydrogen) atoms. The summed E-state index contributed by atoms with van der Waals surface area (Å²) < 4.78 is 14.8. The zero-order valence-electron chi connectivity index (χ0n) is 14.8. The van der Waals surface area contributed by atoms with Crippen LogP contribution in [0.3, 0.4) is 0 Å². The number of carbonyl (C=O) groups excluding carboxylic acids is 1. The smallest absolute Gasteiger partial charge is 0.346 e. The second-order valence-corrected chi connectivity index (χ2v) is 6.05. The number of carbonyl (C=O) groups is 1. The molecule has 0 aliphatic carbocycles. The number of aromatic nitrogens is 3. The molecule has 0 bridgehead atoms. The Morgan fingerprint density at radius 1 is 1.07 bits per heavy atom. The van der Waals surface area contributed by atoms with Gasteiger partial charge >= 0.3 is 5.69 Å². The first-order valence-corrected chi connectivity index (χ1v) is 8.17. The zero-order valence-corrected chi connectivity index (χ0v) is 14.8. The Bertz CT molecular complexity index is 1100. The predicted molar refractivity (Wildman–Crippen MR) is 97.4 cm³/mol. The Balaban J connectivity index is 1.93. The maximum Gasteiger partial charge on any atom is 0.351 e. The highest BCUT2D eigenvalue weighted by atomic mass is 19.1. The molecular formula is C19H17FN4O3. The fourth-order valence-electron chi connectivity index (χ4n) is 2.44. The molecule has 0 aliphatic rings. The van der Waals surface area contributed by atoms with E-state index in [0.29, 0.717) is 11.3 Å². The molecule has 3 rings (SSSR count). The summed E-state index contributed by atoms with van der Waals surface area (Å²) in [5.41, 5.74) is 0.245. The van der Waals surface area contributed by atoms with Gasteiger partial charge in [0.1, 0.15) is 5.82 Å². The van der Waals surface area contributed by atoms with Crippen LogP contribution in [0.25, 0.3) is 5.69 Å². The number of rotatable bonds is 4. The molecule has 0 saturated carbocycles. The number of nitrogens with zero attached hydrogens (tertiary/aromatic N) is 3. The first-order valence-electron chi connectivity index (χ1n) is 8.17. The van der Waals surface area contributed by atoms with Gasteiger partial charge in [-0.3, -0.25) is 14.2 Å². The van der Waals surface area contributed by atoms with Crippen molar-refractivity contribution in [1.29, 1.82) is 0 Å². The summed E-state index contributed by atoms with van der Waals surface area (Å²) in [5.74, 6) is -1.11. The molecule has 0 fully saturated rings. The van der Waals surface area contributed by atoms with Crippen molar-refractivity contribution in [3.8, 4) is 5.69 Å². The Hall–Kier alpha value is -3.55. The van der Waals surface area contributed by atoms with Gasteiger partial charge in [-0.25, -0.2) is 9.18 Å². The quantitative estimate of drug-likeness (QED) is 0.752. The predicted octanol–water partition coefficient (Wildman–Crippen LogP) is 1.31. The second kappa shape index (κ2) is 7.36. The minimum absolute atomic E-state index is 0.0909. The van der Waals surface area contributed by atoms with Crippen molar-refractivity contribution in [2.24, 2.45) is 7.05 Å². The van der Waals surface area contributed by atoms with E-state index in [0.717, 1.165) is 14.8 Å². The molecule has 138 valence electrons. The number of halogens is 1. The van der Waals surface area contributed by atoms with Gasteiger partial charge in [0.2, 0.25) is 5.69 Å². The highest BCUT2D eigenvalue weighted by Gasteiger charge is 2.18. The monoisotopic (exact) mass is 368 g/mol. The molecule has 0 atom stereocenters. The van der Waals surface area contributed by atoms with E-state index in [1.165, 1.54) is 31.3 Å². The summed E-state index contributed by atoms with van der Waals surface area (Å²) in [5, 5.41) is 6.52. The van der Waals surface area contributed by atoms with Crippen molar-refractivity contribution in [2.45, 2.75) is 13.5 Å². The normalized spacial score (nSPS) is 10.6. The van der Waals surface area contributed by atoms with E-state index in [9.17, 15) is 18.8 Å². The third-order valence-corrected chi connectivity index (χ3v) is 4.04. The van der Waals surface area contributed by atoms with Crippen LogP contribution in [0.1, 0.15) is 21.6 Å². The SMILES string of the molecule is Cc1ccc(-n2nc(C(=O)NCc3ccc(F)cc3)c(=O)n(C)c2=O)cc1. The summed E-state index contributed by atoms with van der Waals surface area (Å²) >= 11 is 0. The lowest BCUT2D eigenvalue weighted by molar-refractivity contribution is 0.0941. The molecule has 1 aromatic heterocycles. The molecule has 0 spiro atoms. The second-order valence-electron chi connectivity index (χ2n) is 6.05. The van der Waals surface area contributed by atoms with Crippen LogP contribution in [0.5, 0.6) is 0 Å². The Labute approximate surface area is 153 Å². The van der Waals surface area contributed by atoms with E-state index < -0.39 is 22.9 Å². The average molecular weight is 368 g/mol. The van der Waals surface area contributed by atoms with Crippen LogP contribution in [0.2, 0.25) is 0 Å². The Morgan fingerprint density at radius 2 is 1.70 bits per heavy atom. The number of benzene rings is 2. The lowest BCUT2D eigenvalue weighted by Crippen LogP contribution is -2.44. The van der Waals surface area contributed by atoms with E-state index >= 15 is 0 Å². The maximum absolute atomic E-state index is 12.9. The molecule has 8 heteroatoms. The van der Waals surface area contributed by atoms with Gasteiger partial charge in [-0.2, -0.15) is 9.78 Å². The highest BCUT2D eigenvalue weighted by Crippen LogP contribution is 2.06. The van der Waals surface area contributed by atoms with E-state index in [1.807, 2.05) is 6.92 Å². The van der Waals surface area contributed by atoms with Crippen LogP contribution in [0, 0.1) is 12.7 Å².